The SMILES string of the molecule is O=C(NCC1CCCCC1)c1cccc(CN(c2ccc(-c3ccccc3)cc2)S(=O)O)c1. The molecule has 5 nitrogen and oxygen atoms in total. The van der Waals surface area contributed by atoms with Crippen LogP contribution in [0.5, 0.6) is 0 Å². The zero-order valence-corrected chi connectivity index (χ0v) is 19.5. The van der Waals surface area contributed by atoms with Crippen LogP contribution in [0.3, 0.4) is 0 Å². The number of carbonyl (C=O) groups excluding carboxylic acids is 1. The first-order chi connectivity index (χ1) is 16.1. The van der Waals surface area contributed by atoms with Gasteiger partial charge in [0.2, 0.25) is 0 Å². The minimum absolute atomic E-state index is 0.0914. The topological polar surface area (TPSA) is 69.6 Å². The molecule has 1 atom stereocenters. The van der Waals surface area contributed by atoms with Gasteiger partial charge in [0, 0.05) is 12.1 Å². The lowest BCUT2D eigenvalue weighted by molar-refractivity contribution is 0.0943. The molecule has 0 spiro atoms. The van der Waals surface area contributed by atoms with Crippen molar-refractivity contribution in [2.75, 3.05) is 10.8 Å². The van der Waals surface area contributed by atoms with Gasteiger partial charge < -0.3 is 5.32 Å². The zero-order valence-electron chi connectivity index (χ0n) is 18.7. The van der Waals surface area contributed by atoms with Crippen molar-refractivity contribution in [1.82, 2.24) is 5.32 Å². The Morgan fingerprint density at radius 3 is 2.30 bits per heavy atom. The summed E-state index contributed by atoms with van der Waals surface area (Å²) in [7, 11) is 0. The van der Waals surface area contributed by atoms with Crippen molar-refractivity contribution in [3.05, 3.63) is 90.0 Å². The molecule has 3 aromatic carbocycles. The van der Waals surface area contributed by atoms with Gasteiger partial charge in [-0.1, -0.05) is 73.9 Å². The fourth-order valence-corrected chi connectivity index (χ4v) is 4.96. The van der Waals surface area contributed by atoms with Crippen molar-refractivity contribution in [2.45, 2.75) is 38.6 Å². The molecule has 2 N–H and O–H groups in total. The van der Waals surface area contributed by atoms with Crippen molar-refractivity contribution in [3.63, 3.8) is 0 Å². The molecule has 1 unspecified atom stereocenters. The number of hydrogen-bond donors (Lipinski definition) is 2. The summed E-state index contributed by atoms with van der Waals surface area (Å²) in [6, 6.07) is 24.9. The molecule has 0 radical (unpaired) electrons. The molecule has 1 amide bonds. The largest absolute Gasteiger partial charge is 0.352 e. The van der Waals surface area contributed by atoms with Crippen LogP contribution in [0.25, 0.3) is 11.1 Å². The van der Waals surface area contributed by atoms with E-state index in [0.29, 0.717) is 23.7 Å². The summed E-state index contributed by atoms with van der Waals surface area (Å²) < 4.78 is 23.5. The first kappa shape index (κ1) is 23.2. The van der Waals surface area contributed by atoms with E-state index in [1.165, 1.54) is 36.4 Å². The lowest BCUT2D eigenvalue weighted by Crippen LogP contribution is -2.30. The molecule has 0 saturated heterocycles. The highest BCUT2D eigenvalue weighted by atomic mass is 32.2. The molecule has 0 aliphatic heterocycles. The van der Waals surface area contributed by atoms with Crippen LogP contribution in [-0.2, 0) is 17.8 Å². The minimum Gasteiger partial charge on any atom is -0.352 e. The number of nitrogens with one attached hydrogen (secondary N) is 1. The van der Waals surface area contributed by atoms with Crippen molar-refractivity contribution >= 4 is 22.9 Å². The van der Waals surface area contributed by atoms with Crippen molar-refractivity contribution < 1.29 is 13.6 Å². The maximum atomic E-state index is 12.7. The van der Waals surface area contributed by atoms with Gasteiger partial charge in [0.15, 0.2) is 0 Å². The Bertz CT molecular complexity index is 1080. The van der Waals surface area contributed by atoms with Crippen LogP contribution in [0.1, 0.15) is 48.0 Å². The van der Waals surface area contributed by atoms with Gasteiger partial charge in [-0.05, 0) is 59.7 Å². The standard InChI is InChI=1S/C27H30N2O3S/c30-27(28-19-21-8-3-1-4-9-21)25-13-7-10-22(18-25)20-29(33(31)32)26-16-14-24(15-17-26)23-11-5-2-6-12-23/h2,5-7,10-18,21H,1,3-4,8-9,19-20H2,(H,28,30)(H,31,32). The number of hydrogen-bond acceptors (Lipinski definition) is 2. The van der Waals surface area contributed by atoms with Crippen LogP contribution in [0, 0.1) is 5.92 Å². The predicted octanol–water partition coefficient (Wildman–Crippen LogP) is 5.81. The Hall–Kier alpha value is -2.96. The third-order valence-electron chi connectivity index (χ3n) is 6.24. The first-order valence-corrected chi connectivity index (χ1v) is 12.6. The van der Waals surface area contributed by atoms with Crippen LogP contribution < -0.4 is 9.62 Å². The average molecular weight is 463 g/mol. The molecule has 33 heavy (non-hydrogen) atoms. The van der Waals surface area contributed by atoms with Gasteiger partial charge in [-0.15, -0.1) is 0 Å². The van der Waals surface area contributed by atoms with Gasteiger partial charge in [-0.25, -0.2) is 4.21 Å². The van der Waals surface area contributed by atoms with Crippen LogP contribution >= 0.6 is 0 Å². The molecular weight excluding hydrogens is 432 g/mol. The lowest BCUT2D eigenvalue weighted by Gasteiger charge is -2.22. The Kier molecular flexibility index (Phi) is 7.92. The molecule has 1 fully saturated rings. The molecule has 0 bridgehead atoms. The summed E-state index contributed by atoms with van der Waals surface area (Å²) in [5.41, 5.74) is 4.15. The highest BCUT2D eigenvalue weighted by Crippen LogP contribution is 2.25. The van der Waals surface area contributed by atoms with E-state index in [1.807, 2.05) is 66.7 Å². The molecule has 1 saturated carbocycles. The van der Waals surface area contributed by atoms with Crippen molar-refractivity contribution in [1.29, 1.82) is 0 Å². The highest BCUT2D eigenvalue weighted by Gasteiger charge is 2.17. The first-order valence-electron chi connectivity index (χ1n) is 11.5. The van der Waals surface area contributed by atoms with Crippen LogP contribution in [0.2, 0.25) is 0 Å². The van der Waals surface area contributed by atoms with E-state index in [0.717, 1.165) is 16.7 Å². The molecule has 6 heteroatoms. The summed E-state index contributed by atoms with van der Waals surface area (Å²) in [5, 5.41) is 3.06. The molecule has 0 aromatic heterocycles. The number of amides is 1. The Morgan fingerprint density at radius 2 is 1.61 bits per heavy atom. The van der Waals surface area contributed by atoms with Gasteiger partial charge >= 0.3 is 0 Å². The number of benzene rings is 3. The van der Waals surface area contributed by atoms with E-state index in [9.17, 15) is 13.6 Å². The third kappa shape index (κ3) is 6.30. The second-order valence-corrected chi connectivity index (χ2v) is 9.50. The van der Waals surface area contributed by atoms with Gasteiger partial charge in [0.1, 0.15) is 0 Å². The van der Waals surface area contributed by atoms with E-state index >= 15 is 0 Å². The van der Waals surface area contributed by atoms with Gasteiger partial charge in [-0.2, -0.15) is 0 Å². The second-order valence-electron chi connectivity index (χ2n) is 8.59. The number of rotatable bonds is 8. The van der Waals surface area contributed by atoms with E-state index in [4.69, 9.17) is 0 Å². The smallest absolute Gasteiger partial charge is 0.262 e. The van der Waals surface area contributed by atoms with E-state index in [2.05, 4.69) is 5.32 Å². The van der Waals surface area contributed by atoms with Crippen molar-refractivity contribution in [2.24, 2.45) is 5.92 Å². The molecule has 1 aliphatic rings. The minimum atomic E-state index is -2.20. The maximum Gasteiger partial charge on any atom is 0.262 e. The molecule has 0 heterocycles. The van der Waals surface area contributed by atoms with Crippen LogP contribution in [0.15, 0.2) is 78.9 Å². The quantitative estimate of drug-likeness (QED) is 0.415. The van der Waals surface area contributed by atoms with Gasteiger partial charge in [0.05, 0.1) is 12.2 Å². The summed E-state index contributed by atoms with van der Waals surface area (Å²) in [4.78, 5) is 12.7. The molecule has 4 rings (SSSR count). The van der Waals surface area contributed by atoms with E-state index < -0.39 is 11.3 Å². The normalized spacial score (nSPS) is 15.1. The second kappa shape index (κ2) is 11.3. The van der Waals surface area contributed by atoms with Gasteiger partial charge in [-0.3, -0.25) is 13.7 Å². The molecular formula is C27H30N2O3S. The van der Waals surface area contributed by atoms with Gasteiger partial charge in [0.25, 0.3) is 17.2 Å². The van der Waals surface area contributed by atoms with Crippen LogP contribution in [0.4, 0.5) is 5.69 Å². The highest BCUT2D eigenvalue weighted by molar-refractivity contribution is 7.80. The summed E-state index contributed by atoms with van der Waals surface area (Å²) in [6.07, 6.45) is 6.15. The third-order valence-corrected chi connectivity index (χ3v) is 6.96. The van der Waals surface area contributed by atoms with E-state index in [-0.39, 0.29) is 12.5 Å². The van der Waals surface area contributed by atoms with Crippen LogP contribution in [-0.4, -0.2) is 21.2 Å². The fraction of sp³-hybridized carbons (Fsp3) is 0.296. The van der Waals surface area contributed by atoms with E-state index in [1.54, 1.807) is 12.1 Å². The average Bonchev–Trinajstić information content (AvgIpc) is 2.87. The Morgan fingerprint density at radius 1 is 0.909 bits per heavy atom. The molecule has 1 aliphatic carbocycles. The maximum absolute atomic E-state index is 12.7. The summed E-state index contributed by atoms with van der Waals surface area (Å²) in [6.45, 7) is 0.932. The Labute approximate surface area is 198 Å². The number of anilines is 1. The fourth-order valence-electron chi connectivity index (χ4n) is 4.39. The monoisotopic (exact) mass is 462 g/mol. The molecule has 172 valence electrons. The zero-order chi connectivity index (χ0) is 23.0. The predicted molar refractivity (Wildman–Crippen MR) is 134 cm³/mol. The molecule has 3 aromatic rings. The number of carbonyl (C=O) groups is 1. The summed E-state index contributed by atoms with van der Waals surface area (Å²) in [5.74, 6) is 0.475. The summed E-state index contributed by atoms with van der Waals surface area (Å²) >= 11 is -2.20. The van der Waals surface area contributed by atoms with Crippen molar-refractivity contribution in [3.8, 4) is 11.1 Å². The Balaban J connectivity index is 1.43. The lowest BCUT2D eigenvalue weighted by atomic mass is 9.89. The number of nitrogens with zero attached hydrogens (tertiary/aromatic N) is 1.